The van der Waals surface area contributed by atoms with Gasteiger partial charge in [0.2, 0.25) is 0 Å². The lowest BCUT2D eigenvalue weighted by molar-refractivity contribution is -0.136. The van der Waals surface area contributed by atoms with E-state index in [1.807, 2.05) is 0 Å². The summed E-state index contributed by atoms with van der Waals surface area (Å²) in [5, 5.41) is 13.7. The number of anilines is 1. The zero-order chi connectivity index (χ0) is 12.8. The normalized spacial score (nSPS) is 11.7. The number of nitrogens with one attached hydrogen (secondary N) is 2. The van der Waals surface area contributed by atoms with Crippen molar-refractivity contribution in [2.45, 2.75) is 13.0 Å². The maximum absolute atomic E-state index is 11.5. The van der Waals surface area contributed by atoms with Gasteiger partial charge in [0.15, 0.2) is 0 Å². The van der Waals surface area contributed by atoms with Gasteiger partial charge in [0.25, 0.3) is 0 Å². The Morgan fingerprint density at radius 2 is 2.00 bits per heavy atom. The summed E-state index contributed by atoms with van der Waals surface area (Å²) in [4.78, 5) is 22.8. The maximum Gasteiger partial charge on any atom is 0.313 e. The van der Waals surface area contributed by atoms with E-state index < -0.39 is 17.9 Å². The van der Waals surface area contributed by atoms with Crippen LogP contribution in [0.15, 0.2) is 28.7 Å². The van der Waals surface area contributed by atoms with Crippen molar-refractivity contribution < 1.29 is 14.7 Å². The summed E-state index contributed by atoms with van der Waals surface area (Å²) in [7, 11) is 0. The van der Waals surface area contributed by atoms with Crippen LogP contribution >= 0.6 is 15.9 Å². The van der Waals surface area contributed by atoms with Gasteiger partial charge in [0.1, 0.15) is 0 Å². The molecular formula is C11H13BrN2O3. The quantitative estimate of drug-likeness (QED) is 0.725. The molecule has 0 aliphatic rings. The van der Waals surface area contributed by atoms with Crippen LogP contribution in [0.1, 0.15) is 6.92 Å². The molecule has 92 valence electrons. The molecule has 0 saturated carbocycles. The van der Waals surface area contributed by atoms with Gasteiger partial charge in [-0.15, -0.1) is 0 Å². The lowest BCUT2D eigenvalue weighted by Crippen LogP contribution is -2.38. The SMILES string of the molecule is C[C@@H](O)CNC(=O)C(=O)Nc1ccccc1Br. The van der Waals surface area contributed by atoms with Gasteiger partial charge in [-0.1, -0.05) is 12.1 Å². The van der Waals surface area contributed by atoms with E-state index in [1.54, 1.807) is 24.3 Å². The summed E-state index contributed by atoms with van der Waals surface area (Å²) in [6.07, 6.45) is -0.685. The lowest BCUT2D eigenvalue weighted by atomic mass is 10.3. The first-order valence-corrected chi connectivity index (χ1v) is 5.81. The highest BCUT2D eigenvalue weighted by Gasteiger charge is 2.14. The molecule has 0 spiro atoms. The maximum atomic E-state index is 11.5. The summed E-state index contributed by atoms with van der Waals surface area (Å²) >= 11 is 3.25. The van der Waals surface area contributed by atoms with Crippen LogP contribution in [0.2, 0.25) is 0 Å². The molecule has 3 N–H and O–H groups in total. The monoisotopic (exact) mass is 300 g/mol. The predicted molar refractivity (Wildman–Crippen MR) is 67.5 cm³/mol. The number of carbonyl (C=O) groups excluding carboxylic acids is 2. The second kappa shape index (κ2) is 6.36. The van der Waals surface area contributed by atoms with Crippen molar-refractivity contribution in [1.82, 2.24) is 5.32 Å². The standard InChI is InChI=1S/C11H13BrN2O3/c1-7(15)6-13-10(16)11(17)14-9-5-3-2-4-8(9)12/h2-5,7,15H,6H2,1H3,(H,13,16)(H,14,17)/t7-/m1/s1. The zero-order valence-corrected chi connectivity index (χ0v) is 10.8. The van der Waals surface area contributed by atoms with Gasteiger partial charge >= 0.3 is 11.8 Å². The molecule has 0 bridgehead atoms. The van der Waals surface area contributed by atoms with Gasteiger partial charge in [-0.3, -0.25) is 9.59 Å². The Morgan fingerprint density at radius 1 is 1.35 bits per heavy atom. The molecule has 0 aromatic heterocycles. The van der Waals surface area contributed by atoms with Crippen molar-refractivity contribution in [2.24, 2.45) is 0 Å². The number of hydrogen-bond acceptors (Lipinski definition) is 3. The van der Waals surface area contributed by atoms with Crippen LogP contribution < -0.4 is 10.6 Å². The molecule has 1 aromatic rings. The molecule has 1 rings (SSSR count). The van der Waals surface area contributed by atoms with Crippen molar-refractivity contribution in [3.63, 3.8) is 0 Å². The molecule has 0 saturated heterocycles. The summed E-state index contributed by atoms with van der Waals surface area (Å²) in [5.41, 5.74) is 0.518. The van der Waals surface area contributed by atoms with Crippen molar-refractivity contribution in [2.75, 3.05) is 11.9 Å². The van der Waals surface area contributed by atoms with Crippen LogP contribution in [0, 0.1) is 0 Å². The minimum absolute atomic E-state index is 0.0439. The van der Waals surface area contributed by atoms with Gasteiger partial charge in [-0.2, -0.15) is 0 Å². The third-order valence-corrected chi connectivity index (χ3v) is 2.58. The number of carbonyl (C=O) groups is 2. The van der Waals surface area contributed by atoms with Crippen molar-refractivity contribution in [3.8, 4) is 0 Å². The fourth-order valence-electron chi connectivity index (χ4n) is 1.06. The average molecular weight is 301 g/mol. The van der Waals surface area contributed by atoms with Crippen molar-refractivity contribution in [3.05, 3.63) is 28.7 Å². The molecule has 1 aromatic carbocycles. The molecule has 17 heavy (non-hydrogen) atoms. The fraction of sp³-hybridized carbons (Fsp3) is 0.273. The Labute approximate surface area is 107 Å². The smallest absolute Gasteiger partial charge is 0.313 e. The number of para-hydroxylation sites is 1. The number of aliphatic hydroxyl groups excluding tert-OH is 1. The van der Waals surface area contributed by atoms with E-state index >= 15 is 0 Å². The number of halogens is 1. The first kappa shape index (κ1) is 13.7. The molecule has 1 atom stereocenters. The molecule has 6 heteroatoms. The summed E-state index contributed by atoms with van der Waals surface area (Å²) in [6.45, 7) is 1.56. The third kappa shape index (κ3) is 4.54. The number of benzene rings is 1. The van der Waals surface area contributed by atoms with Crippen LogP contribution in [-0.4, -0.2) is 29.6 Å². The van der Waals surface area contributed by atoms with E-state index in [4.69, 9.17) is 5.11 Å². The predicted octanol–water partition coefficient (Wildman–Crippen LogP) is 0.885. The Kier molecular flexibility index (Phi) is 5.11. The Balaban J connectivity index is 2.55. The Hall–Kier alpha value is -1.40. The van der Waals surface area contributed by atoms with E-state index in [-0.39, 0.29) is 6.54 Å². The van der Waals surface area contributed by atoms with Gasteiger partial charge in [0, 0.05) is 11.0 Å². The second-order valence-electron chi connectivity index (χ2n) is 3.49. The minimum atomic E-state index is -0.776. The van der Waals surface area contributed by atoms with E-state index in [1.165, 1.54) is 6.92 Å². The summed E-state index contributed by atoms with van der Waals surface area (Å²) in [6, 6.07) is 6.97. The van der Waals surface area contributed by atoms with Gasteiger partial charge < -0.3 is 15.7 Å². The summed E-state index contributed by atoms with van der Waals surface area (Å²) in [5.74, 6) is -1.54. The molecule has 2 amide bonds. The van der Waals surface area contributed by atoms with E-state index in [9.17, 15) is 9.59 Å². The molecule has 0 fully saturated rings. The summed E-state index contributed by atoms with van der Waals surface area (Å²) < 4.78 is 0.691. The van der Waals surface area contributed by atoms with Crippen LogP contribution in [0.3, 0.4) is 0 Å². The average Bonchev–Trinajstić information content (AvgIpc) is 2.28. The minimum Gasteiger partial charge on any atom is -0.392 e. The molecule has 0 unspecified atom stereocenters. The van der Waals surface area contributed by atoms with Gasteiger partial charge in [-0.25, -0.2) is 0 Å². The molecule has 0 radical (unpaired) electrons. The molecule has 5 nitrogen and oxygen atoms in total. The van der Waals surface area contributed by atoms with Crippen LogP contribution in [-0.2, 0) is 9.59 Å². The number of hydrogen-bond donors (Lipinski definition) is 3. The molecular weight excluding hydrogens is 288 g/mol. The van der Waals surface area contributed by atoms with Crippen LogP contribution in [0.5, 0.6) is 0 Å². The topological polar surface area (TPSA) is 78.4 Å². The highest BCUT2D eigenvalue weighted by atomic mass is 79.9. The second-order valence-corrected chi connectivity index (χ2v) is 4.35. The van der Waals surface area contributed by atoms with Crippen LogP contribution in [0.25, 0.3) is 0 Å². The largest absolute Gasteiger partial charge is 0.392 e. The zero-order valence-electron chi connectivity index (χ0n) is 9.24. The van der Waals surface area contributed by atoms with E-state index in [0.717, 1.165) is 0 Å². The molecule has 0 aliphatic carbocycles. The van der Waals surface area contributed by atoms with E-state index in [2.05, 4.69) is 26.6 Å². The first-order chi connectivity index (χ1) is 8.00. The molecule has 0 aliphatic heterocycles. The Bertz CT molecular complexity index is 421. The number of rotatable bonds is 3. The van der Waals surface area contributed by atoms with E-state index in [0.29, 0.717) is 10.2 Å². The fourth-order valence-corrected chi connectivity index (χ4v) is 1.45. The van der Waals surface area contributed by atoms with Crippen molar-refractivity contribution in [1.29, 1.82) is 0 Å². The van der Waals surface area contributed by atoms with Gasteiger partial charge in [0.05, 0.1) is 11.8 Å². The first-order valence-electron chi connectivity index (χ1n) is 5.02. The van der Waals surface area contributed by atoms with Crippen molar-refractivity contribution >= 4 is 33.4 Å². The highest BCUT2D eigenvalue weighted by molar-refractivity contribution is 9.10. The van der Waals surface area contributed by atoms with Crippen LogP contribution in [0.4, 0.5) is 5.69 Å². The highest BCUT2D eigenvalue weighted by Crippen LogP contribution is 2.20. The molecule has 0 heterocycles. The Morgan fingerprint density at radius 3 is 2.59 bits per heavy atom. The third-order valence-electron chi connectivity index (χ3n) is 1.89. The number of amides is 2. The lowest BCUT2D eigenvalue weighted by Gasteiger charge is -2.08. The van der Waals surface area contributed by atoms with Gasteiger partial charge in [-0.05, 0) is 35.0 Å². The number of aliphatic hydroxyl groups is 1.